The van der Waals surface area contributed by atoms with E-state index in [1.165, 1.54) is 27.6 Å². The highest BCUT2D eigenvalue weighted by Gasteiger charge is 2.10. The molecule has 0 radical (unpaired) electrons. The number of benzene rings is 1. The number of fused-ring (bicyclic) bond motifs is 1. The normalized spacial score (nSPS) is 11.3. The predicted molar refractivity (Wildman–Crippen MR) is 73.2 cm³/mol. The summed E-state index contributed by atoms with van der Waals surface area (Å²) in [4.78, 5) is 0. The number of nitrogens with zero attached hydrogens (tertiary/aromatic N) is 1. The zero-order valence-corrected chi connectivity index (χ0v) is 10.7. The number of hydrogen-bond donors (Lipinski definition) is 2. The third kappa shape index (κ3) is 2.21. The Bertz CT molecular complexity index is 526. The van der Waals surface area contributed by atoms with E-state index in [4.69, 9.17) is 11.5 Å². The summed E-state index contributed by atoms with van der Waals surface area (Å²) in [6, 6.07) is 4.47. The molecule has 3 nitrogen and oxygen atoms in total. The Morgan fingerprint density at radius 3 is 2.53 bits per heavy atom. The number of nitrogens with two attached hydrogens (primary N) is 2. The van der Waals surface area contributed by atoms with E-state index in [-0.39, 0.29) is 0 Å². The Labute approximate surface area is 102 Å². The average Bonchev–Trinajstić information content (AvgIpc) is 2.58. The number of hydrogen-bond acceptors (Lipinski definition) is 2. The van der Waals surface area contributed by atoms with Crippen molar-refractivity contribution in [2.75, 3.05) is 13.1 Å². The number of aryl methyl sites for hydroxylation is 2. The highest BCUT2D eigenvalue weighted by molar-refractivity contribution is 5.88. The summed E-state index contributed by atoms with van der Waals surface area (Å²) >= 11 is 0. The topological polar surface area (TPSA) is 57.0 Å². The fourth-order valence-corrected chi connectivity index (χ4v) is 2.58. The minimum atomic E-state index is 0.666. The molecule has 1 aromatic heterocycles. The van der Waals surface area contributed by atoms with E-state index in [0.717, 1.165) is 13.0 Å². The minimum Gasteiger partial charge on any atom is -0.346 e. The Hall–Kier alpha value is -1.32. The zero-order chi connectivity index (χ0) is 12.4. The van der Waals surface area contributed by atoms with Crippen molar-refractivity contribution in [2.24, 2.45) is 11.5 Å². The molecular weight excluding hydrogens is 210 g/mol. The van der Waals surface area contributed by atoms with Crippen LogP contribution in [0.25, 0.3) is 10.9 Å². The molecule has 17 heavy (non-hydrogen) atoms. The molecule has 0 aliphatic rings. The molecule has 0 saturated heterocycles. The third-order valence-electron chi connectivity index (χ3n) is 3.18. The molecular formula is C14H21N3. The van der Waals surface area contributed by atoms with E-state index in [0.29, 0.717) is 13.1 Å². The first-order valence-electron chi connectivity index (χ1n) is 6.16. The fraction of sp³-hybridized carbons (Fsp3) is 0.429. The first-order valence-corrected chi connectivity index (χ1v) is 6.16. The van der Waals surface area contributed by atoms with Crippen LogP contribution in [-0.4, -0.2) is 17.7 Å². The molecule has 1 heterocycles. The molecule has 0 atom stereocenters. The van der Waals surface area contributed by atoms with Gasteiger partial charge in [-0.3, -0.25) is 0 Å². The van der Waals surface area contributed by atoms with E-state index in [1.807, 2.05) is 0 Å². The van der Waals surface area contributed by atoms with Crippen molar-refractivity contribution >= 4 is 10.9 Å². The Morgan fingerprint density at radius 2 is 1.88 bits per heavy atom. The van der Waals surface area contributed by atoms with Crippen LogP contribution in [0.4, 0.5) is 0 Å². The van der Waals surface area contributed by atoms with Gasteiger partial charge >= 0.3 is 0 Å². The van der Waals surface area contributed by atoms with Crippen LogP contribution in [0.1, 0.15) is 16.7 Å². The van der Waals surface area contributed by atoms with E-state index in [9.17, 15) is 0 Å². The summed E-state index contributed by atoms with van der Waals surface area (Å²) < 4.78 is 2.25. The maximum absolute atomic E-state index is 5.68. The van der Waals surface area contributed by atoms with Gasteiger partial charge in [0.2, 0.25) is 0 Å². The molecule has 0 bridgehead atoms. The van der Waals surface area contributed by atoms with E-state index in [2.05, 4.69) is 36.7 Å². The van der Waals surface area contributed by atoms with Crippen LogP contribution in [0.15, 0.2) is 18.3 Å². The van der Waals surface area contributed by atoms with E-state index in [1.54, 1.807) is 0 Å². The zero-order valence-electron chi connectivity index (χ0n) is 10.7. The van der Waals surface area contributed by atoms with Gasteiger partial charge < -0.3 is 16.0 Å². The summed E-state index contributed by atoms with van der Waals surface area (Å²) in [6.07, 6.45) is 3.13. The van der Waals surface area contributed by atoms with Gasteiger partial charge in [-0.25, -0.2) is 0 Å². The molecule has 0 amide bonds. The van der Waals surface area contributed by atoms with Crippen molar-refractivity contribution in [3.05, 3.63) is 35.0 Å². The first-order chi connectivity index (χ1) is 8.17. The highest BCUT2D eigenvalue weighted by Crippen LogP contribution is 2.26. The molecule has 2 rings (SSSR count). The molecule has 92 valence electrons. The maximum Gasteiger partial charge on any atom is 0.0488 e. The lowest BCUT2D eigenvalue weighted by molar-refractivity contribution is 0.731. The largest absolute Gasteiger partial charge is 0.346 e. The molecule has 0 unspecified atom stereocenters. The fourth-order valence-electron chi connectivity index (χ4n) is 2.58. The van der Waals surface area contributed by atoms with Gasteiger partial charge in [-0.15, -0.1) is 0 Å². The van der Waals surface area contributed by atoms with Crippen molar-refractivity contribution < 1.29 is 0 Å². The highest BCUT2D eigenvalue weighted by atomic mass is 15.0. The summed E-state index contributed by atoms with van der Waals surface area (Å²) in [6.45, 7) is 6.52. The Morgan fingerprint density at radius 1 is 1.12 bits per heavy atom. The SMILES string of the molecule is Cc1cc(C)c2c(CCN)cn(CCN)c2c1. The third-order valence-corrected chi connectivity index (χ3v) is 3.18. The van der Waals surface area contributed by atoms with Gasteiger partial charge in [-0.1, -0.05) is 6.07 Å². The second kappa shape index (κ2) is 4.90. The Kier molecular flexibility index (Phi) is 3.50. The second-order valence-corrected chi connectivity index (χ2v) is 4.65. The van der Waals surface area contributed by atoms with Crippen LogP contribution >= 0.6 is 0 Å². The molecule has 3 heteroatoms. The second-order valence-electron chi connectivity index (χ2n) is 4.65. The minimum absolute atomic E-state index is 0.666. The van der Waals surface area contributed by atoms with Crippen molar-refractivity contribution in [1.82, 2.24) is 4.57 Å². The summed E-state index contributed by atoms with van der Waals surface area (Å²) in [5.41, 5.74) is 16.6. The lowest BCUT2D eigenvalue weighted by Crippen LogP contribution is -2.08. The number of aromatic nitrogens is 1. The lowest BCUT2D eigenvalue weighted by atomic mass is 10.0. The van der Waals surface area contributed by atoms with Gasteiger partial charge in [0.05, 0.1) is 0 Å². The standard InChI is InChI=1S/C14H21N3/c1-10-7-11(2)14-12(3-4-15)9-17(6-5-16)13(14)8-10/h7-9H,3-6,15-16H2,1-2H3. The van der Waals surface area contributed by atoms with Gasteiger partial charge in [0, 0.05) is 30.2 Å². The van der Waals surface area contributed by atoms with Crippen LogP contribution < -0.4 is 11.5 Å². The molecule has 1 aromatic carbocycles. The molecule has 0 saturated carbocycles. The van der Waals surface area contributed by atoms with Crippen LogP contribution in [0.3, 0.4) is 0 Å². The summed E-state index contributed by atoms with van der Waals surface area (Å²) in [5, 5.41) is 1.36. The van der Waals surface area contributed by atoms with Crippen LogP contribution in [0.5, 0.6) is 0 Å². The van der Waals surface area contributed by atoms with Crippen LogP contribution in [0.2, 0.25) is 0 Å². The molecule has 0 spiro atoms. The molecule has 0 aliphatic carbocycles. The van der Waals surface area contributed by atoms with Gasteiger partial charge in [0.15, 0.2) is 0 Å². The molecule has 2 aromatic rings. The van der Waals surface area contributed by atoms with Crippen molar-refractivity contribution in [1.29, 1.82) is 0 Å². The molecule has 0 fully saturated rings. The summed E-state index contributed by atoms with van der Waals surface area (Å²) in [7, 11) is 0. The predicted octanol–water partition coefficient (Wildman–Crippen LogP) is 1.72. The van der Waals surface area contributed by atoms with Crippen LogP contribution in [-0.2, 0) is 13.0 Å². The van der Waals surface area contributed by atoms with Gasteiger partial charge in [-0.05, 0) is 49.6 Å². The van der Waals surface area contributed by atoms with Crippen LogP contribution in [0, 0.1) is 13.8 Å². The molecule has 4 N–H and O–H groups in total. The van der Waals surface area contributed by atoms with Crippen molar-refractivity contribution in [3.63, 3.8) is 0 Å². The average molecular weight is 231 g/mol. The maximum atomic E-state index is 5.68. The van der Waals surface area contributed by atoms with Gasteiger partial charge in [0.25, 0.3) is 0 Å². The number of rotatable bonds is 4. The lowest BCUT2D eigenvalue weighted by Gasteiger charge is -2.05. The smallest absolute Gasteiger partial charge is 0.0488 e. The van der Waals surface area contributed by atoms with Gasteiger partial charge in [0.1, 0.15) is 0 Å². The first kappa shape index (κ1) is 12.1. The van der Waals surface area contributed by atoms with E-state index < -0.39 is 0 Å². The Balaban J connectivity index is 2.67. The van der Waals surface area contributed by atoms with Crippen molar-refractivity contribution in [3.8, 4) is 0 Å². The van der Waals surface area contributed by atoms with Crippen molar-refractivity contribution in [2.45, 2.75) is 26.8 Å². The quantitative estimate of drug-likeness (QED) is 0.841. The summed E-state index contributed by atoms with van der Waals surface area (Å²) in [5.74, 6) is 0. The molecule has 0 aliphatic heterocycles. The van der Waals surface area contributed by atoms with Gasteiger partial charge in [-0.2, -0.15) is 0 Å². The van der Waals surface area contributed by atoms with E-state index >= 15 is 0 Å². The monoisotopic (exact) mass is 231 g/mol.